The molecule has 0 unspecified atom stereocenters. The average molecular weight is 162 g/mol. The Kier molecular flexibility index (Phi) is 2.48. The van der Waals surface area contributed by atoms with Crippen LogP contribution in [0.2, 0.25) is 0 Å². The van der Waals surface area contributed by atoms with E-state index in [4.69, 9.17) is 11.9 Å². The standard InChI is InChI=1S/C6H5ClFNO/c7-10-9-6-3-1-5(8)2-4-6/h1-4,9H. The van der Waals surface area contributed by atoms with Crippen molar-refractivity contribution in [3.63, 3.8) is 0 Å². The van der Waals surface area contributed by atoms with Crippen molar-refractivity contribution in [2.75, 3.05) is 5.48 Å². The minimum Gasteiger partial charge on any atom is -0.248 e. The zero-order valence-electron chi connectivity index (χ0n) is 4.97. The average Bonchev–Trinajstić information content (AvgIpc) is 1.95. The first kappa shape index (κ1) is 7.31. The highest BCUT2D eigenvalue weighted by molar-refractivity contribution is 6.07. The first-order valence-electron chi connectivity index (χ1n) is 2.62. The van der Waals surface area contributed by atoms with Gasteiger partial charge >= 0.3 is 0 Å². The molecule has 0 atom stereocenters. The van der Waals surface area contributed by atoms with Crippen LogP contribution in [0.3, 0.4) is 0 Å². The number of hydrogen-bond donors (Lipinski definition) is 1. The molecule has 0 bridgehead atoms. The minimum atomic E-state index is -0.292. The number of anilines is 1. The molecule has 2 nitrogen and oxygen atoms in total. The van der Waals surface area contributed by atoms with E-state index in [-0.39, 0.29) is 5.82 Å². The van der Waals surface area contributed by atoms with Gasteiger partial charge in [0.2, 0.25) is 0 Å². The van der Waals surface area contributed by atoms with Crippen LogP contribution >= 0.6 is 11.9 Å². The van der Waals surface area contributed by atoms with Crippen molar-refractivity contribution in [2.24, 2.45) is 0 Å². The van der Waals surface area contributed by atoms with Crippen LogP contribution in [0.4, 0.5) is 10.1 Å². The molecule has 0 amide bonds. The smallest absolute Gasteiger partial charge is 0.123 e. The maximum atomic E-state index is 12.2. The third kappa shape index (κ3) is 1.86. The van der Waals surface area contributed by atoms with Gasteiger partial charge in [0.25, 0.3) is 0 Å². The predicted octanol–water partition coefficient (Wildman–Crippen LogP) is 2.32. The summed E-state index contributed by atoms with van der Waals surface area (Å²) in [6, 6.07) is 5.63. The lowest BCUT2D eigenvalue weighted by Gasteiger charge is -1.97. The second-order valence-electron chi connectivity index (χ2n) is 1.69. The molecule has 0 saturated heterocycles. The first-order valence-corrected chi connectivity index (χ1v) is 2.93. The molecule has 1 N–H and O–H groups in total. The van der Waals surface area contributed by atoms with Gasteiger partial charge in [-0.3, -0.25) is 0 Å². The van der Waals surface area contributed by atoms with Crippen LogP contribution < -0.4 is 5.48 Å². The van der Waals surface area contributed by atoms with Gasteiger partial charge in [-0.2, -0.15) is 4.39 Å². The molecule has 10 heavy (non-hydrogen) atoms. The van der Waals surface area contributed by atoms with E-state index >= 15 is 0 Å². The fourth-order valence-corrected chi connectivity index (χ4v) is 0.652. The van der Waals surface area contributed by atoms with E-state index in [2.05, 4.69) is 9.87 Å². The van der Waals surface area contributed by atoms with Crippen molar-refractivity contribution in [3.8, 4) is 0 Å². The third-order valence-corrected chi connectivity index (χ3v) is 1.08. The monoisotopic (exact) mass is 161 g/mol. The topological polar surface area (TPSA) is 21.3 Å². The van der Waals surface area contributed by atoms with Gasteiger partial charge in [0, 0.05) is 0 Å². The summed E-state index contributed by atoms with van der Waals surface area (Å²) in [7, 11) is 0. The van der Waals surface area contributed by atoms with E-state index in [9.17, 15) is 4.39 Å². The molecule has 0 radical (unpaired) electrons. The van der Waals surface area contributed by atoms with E-state index in [0.29, 0.717) is 5.69 Å². The maximum absolute atomic E-state index is 12.2. The van der Waals surface area contributed by atoms with Gasteiger partial charge in [0.05, 0.1) is 17.6 Å². The Balaban J connectivity index is 2.69. The number of hydrogen-bond acceptors (Lipinski definition) is 2. The van der Waals surface area contributed by atoms with E-state index in [0.717, 1.165) is 0 Å². The number of benzene rings is 1. The Bertz CT molecular complexity index is 201. The lowest BCUT2D eigenvalue weighted by Crippen LogP contribution is -1.90. The summed E-state index contributed by atoms with van der Waals surface area (Å²) in [5.41, 5.74) is 2.94. The molecular formula is C6H5ClFNO. The number of rotatable bonds is 2. The molecule has 0 heterocycles. The van der Waals surface area contributed by atoms with Crippen molar-refractivity contribution >= 4 is 17.6 Å². The lowest BCUT2D eigenvalue weighted by atomic mass is 10.3. The molecule has 1 aromatic carbocycles. The maximum Gasteiger partial charge on any atom is 0.123 e. The summed E-state index contributed by atoms with van der Waals surface area (Å²) in [6.07, 6.45) is 0. The van der Waals surface area contributed by atoms with Gasteiger partial charge in [-0.25, -0.2) is 9.87 Å². The van der Waals surface area contributed by atoms with Gasteiger partial charge in [0.15, 0.2) is 0 Å². The highest BCUT2D eigenvalue weighted by Crippen LogP contribution is 2.07. The molecule has 0 aliphatic rings. The Morgan fingerprint density at radius 1 is 1.30 bits per heavy atom. The molecule has 0 aliphatic heterocycles. The largest absolute Gasteiger partial charge is 0.248 e. The summed E-state index contributed by atoms with van der Waals surface area (Å²) in [5.74, 6) is -0.292. The summed E-state index contributed by atoms with van der Waals surface area (Å²) < 4.78 is 16.3. The SMILES string of the molecule is Fc1ccc(NOCl)cc1. The van der Waals surface area contributed by atoms with Gasteiger partial charge in [-0.05, 0) is 24.3 Å². The van der Waals surface area contributed by atoms with Crippen molar-refractivity contribution < 1.29 is 8.78 Å². The van der Waals surface area contributed by atoms with Crippen molar-refractivity contribution in [1.29, 1.82) is 0 Å². The molecule has 0 aromatic heterocycles. The van der Waals surface area contributed by atoms with Crippen molar-refractivity contribution in [1.82, 2.24) is 0 Å². The van der Waals surface area contributed by atoms with Crippen molar-refractivity contribution in [3.05, 3.63) is 30.1 Å². The molecule has 0 fully saturated rings. The first-order chi connectivity index (χ1) is 4.83. The second-order valence-corrected chi connectivity index (χ2v) is 1.84. The van der Waals surface area contributed by atoms with Crippen molar-refractivity contribution in [2.45, 2.75) is 0 Å². The zero-order chi connectivity index (χ0) is 7.40. The summed E-state index contributed by atoms with van der Waals surface area (Å²) >= 11 is 4.87. The van der Waals surface area contributed by atoms with Crippen LogP contribution in [0.5, 0.6) is 0 Å². The summed E-state index contributed by atoms with van der Waals surface area (Å²) in [6.45, 7) is 0. The normalized spacial score (nSPS) is 9.40. The molecule has 1 rings (SSSR count). The molecule has 4 heteroatoms. The fourth-order valence-electron chi connectivity index (χ4n) is 0.562. The third-order valence-electron chi connectivity index (χ3n) is 1.00. The summed E-state index contributed by atoms with van der Waals surface area (Å²) in [5, 5.41) is 0. The lowest BCUT2D eigenvalue weighted by molar-refractivity contribution is 0.451. The predicted molar refractivity (Wildman–Crippen MR) is 37.0 cm³/mol. The molecular weight excluding hydrogens is 157 g/mol. The fraction of sp³-hybridized carbons (Fsp3) is 0. The molecule has 0 aliphatic carbocycles. The second kappa shape index (κ2) is 3.39. The highest BCUT2D eigenvalue weighted by atomic mass is 35.5. The quantitative estimate of drug-likeness (QED) is 0.673. The van der Waals surface area contributed by atoms with Crippen LogP contribution in [0, 0.1) is 5.82 Å². The summed E-state index contributed by atoms with van der Waals surface area (Å²) in [4.78, 5) is 0. The van der Waals surface area contributed by atoms with Gasteiger partial charge < -0.3 is 0 Å². The minimum absolute atomic E-state index is 0.292. The van der Waals surface area contributed by atoms with Gasteiger partial charge in [0.1, 0.15) is 5.82 Å². The van der Waals surface area contributed by atoms with Crippen LogP contribution in [-0.2, 0) is 4.39 Å². The molecule has 0 spiro atoms. The van der Waals surface area contributed by atoms with Crippen LogP contribution in [-0.4, -0.2) is 0 Å². The van der Waals surface area contributed by atoms with Crippen LogP contribution in [0.1, 0.15) is 0 Å². The van der Waals surface area contributed by atoms with E-state index in [1.54, 1.807) is 0 Å². The molecule has 54 valence electrons. The molecule has 0 saturated carbocycles. The number of nitrogens with one attached hydrogen (secondary N) is 1. The van der Waals surface area contributed by atoms with Crippen LogP contribution in [0.15, 0.2) is 24.3 Å². The number of halogens is 2. The Hall–Kier alpha value is -0.800. The zero-order valence-corrected chi connectivity index (χ0v) is 5.73. The highest BCUT2D eigenvalue weighted by Gasteiger charge is 1.89. The Morgan fingerprint density at radius 3 is 2.40 bits per heavy atom. The van der Waals surface area contributed by atoms with Crippen LogP contribution in [0.25, 0.3) is 0 Å². The van der Waals surface area contributed by atoms with E-state index < -0.39 is 0 Å². The Morgan fingerprint density at radius 2 is 1.90 bits per heavy atom. The van der Waals surface area contributed by atoms with Gasteiger partial charge in [-0.15, -0.1) is 0 Å². The van der Waals surface area contributed by atoms with E-state index in [1.165, 1.54) is 24.3 Å². The Labute approximate surface area is 62.7 Å². The van der Waals surface area contributed by atoms with Gasteiger partial charge in [-0.1, -0.05) is 0 Å². The van der Waals surface area contributed by atoms with E-state index in [1.807, 2.05) is 0 Å². The molecule has 1 aromatic rings.